The lowest BCUT2D eigenvalue weighted by atomic mass is 9.94. The van der Waals surface area contributed by atoms with Crippen LogP contribution in [0.2, 0.25) is 0 Å². The summed E-state index contributed by atoms with van der Waals surface area (Å²) in [4.78, 5) is 36.3. The predicted octanol–water partition coefficient (Wildman–Crippen LogP) is 4.70. The number of rotatable bonds is 18. The van der Waals surface area contributed by atoms with Crippen LogP contribution in [0.15, 0.2) is 12.2 Å². The number of hydrogen-bond acceptors (Lipinski definition) is 3. The van der Waals surface area contributed by atoms with Crippen LogP contribution in [0.1, 0.15) is 91.9 Å². The molecule has 7 nitrogen and oxygen atoms in total. The molecule has 3 atom stereocenters. The average molecular weight is 429 g/mol. The Labute approximate surface area is 181 Å². The summed E-state index contributed by atoms with van der Waals surface area (Å²) >= 11 is 0. The second kappa shape index (κ2) is 15.0. The van der Waals surface area contributed by atoms with Crippen LogP contribution in [0, 0.1) is 0 Å². The first-order valence-corrected chi connectivity index (χ1v) is 11.4. The number of unbranched alkanes of at least 4 members (excludes halogenated alkanes) is 5. The molecule has 174 valence electrons. The summed E-state index contributed by atoms with van der Waals surface area (Å²) in [5, 5.41) is 29.7. The van der Waals surface area contributed by atoms with Crippen LogP contribution >= 0.6 is 0 Å². The molecule has 0 aromatic carbocycles. The third kappa shape index (κ3) is 7.74. The average Bonchev–Trinajstić information content (AvgIpc) is 2.67. The van der Waals surface area contributed by atoms with E-state index in [0.29, 0.717) is 6.42 Å². The molecule has 7 heteroatoms. The molecule has 0 amide bonds. The maximum absolute atomic E-state index is 12.1. The zero-order chi connectivity index (χ0) is 23.2. The highest BCUT2D eigenvalue weighted by molar-refractivity contribution is 5.78. The highest BCUT2D eigenvalue weighted by atomic mass is 16.4. The van der Waals surface area contributed by atoms with Gasteiger partial charge in [-0.05, 0) is 32.1 Å². The number of carboxylic acids is 3. The summed E-state index contributed by atoms with van der Waals surface area (Å²) in [5.41, 5.74) is 0. The van der Waals surface area contributed by atoms with Gasteiger partial charge < -0.3 is 15.3 Å². The molecule has 0 fully saturated rings. The molecule has 3 N–H and O–H groups in total. The van der Waals surface area contributed by atoms with E-state index in [9.17, 15) is 29.7 Å². The van der Waals surface area contributed by atoms with Crippen molar-refractivity contribution in [3.63, 3.8) is 0 Å². The van der Waals surface area contributed by atoms with Gasteiger partial charge in [-0.1, -0.05) is 52.7 Å². The minimum atomic E-state index is -1.13. The van der Waals surface area contributed by atoms with Crippen LogP contribution in [0.4, 0.5) is 0 Å². The Balaban J connectivity index is 5.70. The smallest absolute Gasteiger partial charge is 0.362 e. The van der Waals surface area contributed by atoms with Crippen LogP contribution in [0.3, 0.4) is 0 Å². The highest BCUT2D eigenvalue weighted by Crippen LogP contribution is 2.32. The van der Waals surface area contributed by atoms with Gasteiger partial charge in [0.15, 0.2) is 18.1 Å². The third-order valence-corrected chi connectivity index (χ3v) is 6.06. The monoisotopic (exact) mass is 428 g/mol. The van der Waals surface area contributed by atoms with Crippen molar-refractivity contribution in [3.05, 3.63) is 12.2 Å². The minimum Gasteiger partial charge on any atom is -0.477 e. The normalized spacial score (nSPS) is 16.7. The summed E-state index contributed by atoms with van der Waals surface area (Å²) in [7, 11) is 0. The Kier molecular flexibility index (Phi) is 14.0. The van der Waals surface area contributed by atoms with Gasteiger partial charge in [-0.25, -0.2) is 14.4 Å². The number of aliphatic carboxylic acids is 3. The van der Waals surface area contributed by atoms with Crippen molar-refractivity contribution in [2.45, 2.75) is 110 Å². The first-order valence-electron chi connectivity index (χ1n) is 11.4. The molecule has 0 heterocycles. The quantitative estimate of drug-likeness (QED) is 0.166. The fraction of sp³-hybridized carbons (Fsp3) is 0.783. The van der Waals surface area contributed by atoms with E-state index in [-0.39, 0.29) is 25.8 Å². The molecule has 0 aliphatic carbocycles. The predicted molar refractivity (Wildman–Crippen MR) is 117 cm³/mol. The van der Waals surface area contributed by atoms with Crippen LogP contribution in [-0.4, -0.2) is 62.4 Å². The van der Waals surface area contributed by atoms with Crippen LogP contribution in [0.5, 0.6) is 0 Å². The van der Waals surface area contributed by atoms with E-state index in [1.54, 1.807) is 20.8 Å². The van der Waals surface area contributed by atoms with E-state index in [0.717, 1.165) is 25.7 Å². The molecule has 0 saturated heterocycles. The van der Waals surface area contributed by atoms with Gasteiger partial charge >= 0.3 is 17.9 Å². The first-order chi connectivity index (χ1) is 14.2. The Morgan fingerprint density at radius 2 is 1.03 bits per heavy atom. The Hall–Kier alpha value is -1.89. The molecule has 0 bridgehead atoms. The fourth-order valence-electron chi connectivity index (χ4n) is 4.68. The molecule has 0 rings (SSSR count). The Morgan fingerprint density at radius 3 is 1.33 bits per heavy atom. The second-order valence-corrected chi connectivity index (χ2v) is 7.97. The van der Waals surface area contributed by atoms with Crippen LogP contribution in [0.25, 0.3) is 0 Å². The number of quaternary nitrogens is 1. The lowest BCUT2D eigenvalue weighted by Crippen LogP contribution is -2.72. The summed E-state index contributed by atoms with van der Waals surface area (Å²) in [5.74, 6) is -3.40. The number of nitrogens with zero attached hydrogens (tertiary/aromatic N) is 1. The van der Waals surface area contributed by atoms with Gasteiger partial charge in [-0.3, -0.25) is 4.48 Å². The van der Waals surface area contributed by atoms with Crippen molar-refractivity contribution >= 4 is 17.9 Å². The molecule has 3 unspecified atom stereocenters. The molecule has 0 radical (unpaired) electrons. The zero-order valence-electron chi connectivity index (χ0n) is 19.2. The van der Waals surface area contributed by atoms with E-state index < -0.39 is 40.5 Å². The maximum Gasteiger partial charge on any atom is 0.362 e. The molecular weight excluding hydrogens is 386 g/mol. The topological polar surface area (TPSA) is 112 Å². The van der Waals surface area contributed by atoms with Gasteiger partial charge in [-0.15, -0.1) is 0 Å². The second-order valence-electron chi connectivity index (χ2n) is 7.97. The standard InChI is InChI=1S/C23H41NO6/c1-5-9-10-11-12-13-14-15-16-17-24(18(6-2)21(25)26,19(7-3)22(27)28)20(8-4)23(29)30/h12-13,18-20H,5-11,14-17H2,1-4H3,(H2-,25,26,27,28,29,30)/p+1/b13-12+. The summed E-state index contributed by atoms with van der Waals surface area (Å²) in [6.45, 7) is 7.45. The molecule has 0 spiro atoms. The summed E-state index contributed by atoms with van der Waals surface area (Å²) < 4.78 is -0.427. The van der Waals surface area contributed by atoms with Crippen LogP contribution < -0.4 is 0 Å². The minimum absolute atomic E-state index is 0.181. The van der Waals surface area contributed by atoms with E-state index in [4.69, 9.17) is 0 Å². The summed E-state index contributed by atoms with van der Waals surface area (Å²) in [6, 6.07) is -3.22. The number of allylic oxidation sites excluding steroid dienone is 2. The Morgan fingerprint density at radius 1 is 0.667 bits per heavy atom. The lowest BCUT2D eigenvalue weighted by Gasteiger charge is -2.49. The fourth-order valence-corrected chi connectivity index (χ4v) is 4.68. The molecule has 0 aliphatic heterocycles. The molecule has 0 aromatic heterocycles. The van der Waals surface area contributed by atoms with Gasteiger partial charge in [0, 0.05) is 19.3 Å². The lowest BCUT2D eigenvalue weighted by molar-refractivity contribution is -0.973. The van der Waals surface area contributed by atoms with E-state index in [1.165, 1.54) is 12.8 Å². The molecule has 0 aliphatic rings. The third-order valence-electron chi connectivity index (χ3n) is 6.06. The van der Waals surface area contributed by atoms with E-state index >= 15 is 0 Å². The van der Waals surface area contributed by atoms with Gasteiger partial charge in [0.25, 0.3) is 0 Å². The largest absolute Gasteiger partial charge is 0.477 e. The molecule has 30 heavy (non-hydrogen) atoms. The first kappa shape index (κ1) is 28.1. The van der Waals surface area contributed by atoms with Crippen molar-refractivity contribution in [3.8, 4) is 0 Å². The molecule has 0 saturated carbocycles. The Bertz CT molecular complexity index is 505. The van der Waals surface area contributed by atoms with Crippen LogP contribution in [-0.2, 0) is 14.4 Å². The van der Waals surface area contributed by atoms with Crippen molar-refractivity contribution in [1.82, 2.24) is 0 Å². The number of hydrogen-bond donors (Lipinski definition) is 3. The number of carboxylic acid groups (broad SMARTS) is 3. The molecule has 0 aromatic rings. The van der Waals surface area contributed by atoms with Gasteiger partial charge in [0.2, 0.25) is 0 Å². The zero-order valence-corrected chi connectivity index (χ0v) is 19.2. The van der Waals surface area contributed by atoms with Crippen molar-refractivity contribution in [1.29, 1.82) is 0 Å². The van der Waals surface area contributed by atoms with Gasteiger partial charge in [-0.2, -0.15) is 0 Å². The van der Waals surface area contributed by atoms with E-state index in [1.807, 2.05) is 0 Å². The van der Waals surface area contributed by atoms with Crippen molar-refractivity contribution in [2.24, 2.45) is 0 Å². The van der Waals surface area contributed by atoms with E-state index in [2.05, 4.69) is 19.1 Å². The number of carbonyl (C=O) groups is 3. The summed E-state index contributed by atoms with van der Waals surface area (Å²) in [6.07, 6.45) is 11.6. The van der Waals surface area contributed by atoms with Gasteiger partial charge in [0.1, 0.15) is 0 Å². The SMILES string of the molecule is CCCCC/C=C/CCCC[N+](C(CC)C(=O)O)(C(CC)C(=O)O)C(CC)C(=O)O. The van der Waals surface area contributed by atoms with Crippen molar-refractivity contribution in [2.75, 3.05) is 6.54 Å². The van der Waals surface area contributed by atoms with Gasteiger partial charge in [0.05, 0.1) is 6.54 Å². The van der Waals surface area contributed by atoms with Crippen molar-refractivity contribution < 1.29 is 34.2 Å². The maximum atomic E-state index is 12.1. The molecular formula is C23H42NO6+. The highest BCUT2D eigenvalue weighted by Gasteiger charge is 2.55.